The fraction of sp³-hybridized carbons (Fsp3) is 0.538. The Bertz CT molecular complexity index is 374. The van der Waals surface area contributed by atoms with E-state index in [1.807, 2.05) is 0 Å². The van der Waals surface area contributed by atoms with Gasteiger partial charge in [-0.25, -0.2) is 8.78 Å². The van der Waals surface area contributed by atoms with Crippen molar-refractivity contribution in [1.82, 2.24) is 0 Å². The molecule has 0 bridgehead atoms. The Morgan fingerprint density at radius 3 is 2.59 bits per heavy atom. The van der Waals surface area contributed by atoms with E-state index in [9.17, 15) is 8.78 Å². The topological polar surface area (TPSA) is 38.0 Å². The van der Waals surface area contributed by atoms with Crippen LogP contribution in [0.5, 0.6) is 0 Å². The lowest BCUT2D eigenvalue weighted by molar-refractivity contribution is 0.338. The Kier molecular flexibility index (Phi) is 3.94. The summed E-state index contributed by atoms with van der Waals surface area (Å²) < 4.78 is 26.3. The lowest BCUT2D eigenvalue weighted by Gasteiger charge is -2.26. The molecule has 1 fully saturated rings. The molecule has 1 aliphatic carbocycles. The summed E-state index contributed by atoms with van der Waals surface area (Å²) in [6.45, 7) is 0.688. The lowest BCUT2D eigenvalue weighted by atomic mass is 9.86. The summed E-state index contributed by atoms with van der Waals surface area (Å²) in [6.07, 6.45) is 4.17. The third-order valence-electron chi connectivity index (χ3n) is 3.40. The van der Waals surface area contributed by atoms with Gasteiger partial charge in [-0.1, -0.05) is 0 Å². The molecule has 1 saturated carbocycles. The molecule has 0 unspecified atom stereocenters. The maximum Gasteiger partial charge on any atom is 0.146 e. The summed E-state index contributed by atoms with van der Waals surface area (Å²) in [5, 5.41) is 2.98. The average Bonchev–Trinajstić information content (AvgIpc) is 2.32. The van der Waals surface area contributed by atoms with Gasteiger partial charge in [-0.2, -0.15) is 0 Å². The predicted octanol–water partition coefficient (Wildman–Crippen LogP) is 2.89. The van der Waals surface area contributed by atoms with Gasteiger partial charge in [0.25, 0.3) is 0 Å². The molecule has 1 aromatic rings. The molecule has 4 heteroatoms. The normalized spacial score (nSPS) is 24.6. The van der Waals surface area contributed by atoms with Crippen molar-refractivity contribution in [2.75, 3.05) is 11.9 Å². The molecule has 0 radical (unpaired) electrons. The molecule has 2 nitrogen and oxygen atoms in total. The van der Waals surface area contributed by atoms with Crippen molar-refractivity contribution in [1.29, 1.82) is 0 Å². The minimum atomic E-state index is -0.417. The van der Waals surface area contributed by atoms with E-state index in [2.05, 4.69) is 5.32 Å². The summed E-state index contributed by atoms with van der Waals surface area (Å²) in [5.41, 5.74) is 6.07. The van der Waals surface area contributed by atoms with Gasteiger partial charge in [0.05, 0.1) is 5.69 Å². The highest BCUT2D eigenvalue weighted by atomic mass is 19.1. The number of halogens is 2. The zero-order chi connectivity index (χ0) is 12.3. The van der Waals surface area contributed by atoms with Gasteiger partial charge in [-0.3, -0.25) is 0 Å². The molecule has 0 heterocycles. The average molecular weight is 240 g/mol. The second kappa shape index (κ2) is 5.45. The fourth-order valence-electron chi connectivity index (χ4n) is 2.28. The van der Waals surface area contributed by atoms with Crippen molar-refractivity contribution in [3.05, 3.63) is 29.8 Å². The predicted molar refractivity (Wildman–Crippen MR) is 64.8 cm³/mol. The second-order valence-corrected chi connectivity index (χ2v) is 4.79. The van der Waals surface area contributed by atoms with Crippen molar-refractivity contribution in [2.45, 2.75) is 31.7 Å². The monoisotopic (exact) mass is 240 g/mol. The van der Waals surface area contributed by atoms with Crippen molar-refractivity contribution in [3.8, 4) is 0 Å². The standard InChI is InChI=1S/C13H18F2N2/c14-10-3-6-12(15)13(7-10)17-8-9-1-4-11(16)5-2-9/h3,6-7,9,11,17H,1-2,4-5,8,16H2. The Morgan fingerprint density at radius 2 is 1.88 bits per heavy atom. The van der Waals surface area contributed by atoms with Gasteiger partial charge in [0.1, 0.15) is 11.6 Å². The van der Waals surface area contributed by atoms with Crippen molar-refractivity contribution < 1.29 is 8.78 Å². The zero-order valence-corrected chi connectivity index (χ0v) is 9.76. The van der Waals surface area contributed by atoms with Crippen LogP contribution in [0.25, 0.3) is 0 Å². The number of rotatable bonds is 3. The summed E-state index contributed by atoms with van der Waals surface area (Å²) in [5.74, 6) is -0.309. The Morgan fingerprint density at radius 1 is 1.18 bits per heavy atom. The van der Waals surface area contributed by atoms with E-state index in [1.165, 1.54) is 6.07 Å². The highest BCUT2D eigenvalue weighted by molar-refractivity contribution is 5.44. The van der Waals surface area contributed by atoms with E-state index in [1.54, 1.807) is 0 Å². The second-order valence-electron chi connectivity index (χ2n) is 4.79. The summed E-state index contributed by atoms with van der Waals surface area (Å²) in [7, 11) is 0. The van der Waals surface area contributed by atoms with E-state index in [-0.39, 0.29) is 5.69 Å². The molecule has 0 amide bonds. The highest BCUT2D eigenvalue weighted by Crippen LogP contribution is 2.24. The first kappa shape index (κ1) is 12.3. The number of nitrogens with two attached hydrogens (primary N) is 1. The first-order valence-corrected chi connectivity index (χ1v) is 6.09. The van der Waals surface area contributed by atoms with Gasteiger partial charge in [-0.05, 0) is 49.8 Å². The van der Waals surface area contributed by atoms with Crippen molar-refractivity contribution in [3.63, 3.8) is 0 Å². The third-order valence-corrected chi connectivity index (χ3v) is 3.40. The van der Waals surface area contributed by atoms with Crippen LogP contribution in [0.4, 0.5) is 14.5 Å². The number of hydrogen-bond acceptors (Lipinski definition) is 2. The number of nitrogens with one attached hydrogen (secondary N) is 1. The van der Waals surface area contributed by atoms with E-state index < -0.39 is 11.6 Å². The van der Waals surface area contributed by atoms with Crippen LogP contribution in [0.15, 0.2) is 18.2 Å². The number of benzene rings is 1. The summed E-state index contributed by atoms with van der Waals surface area (Å²) in [6, 6.07) is 3.79. The van der Waals surface area contributed by atoms with E-state index in [0.29, 0.717) is 18.5 Å². The lowest BCUT2D eigenvalue weighted by Crippen LogP contribution is -2.29. The van der Waals surface area contributed by atoms with E-state index >= 15 is 0 Å². The first-order chi connectivity index (χ1) is 8.15. The van der Waals surface area contributed by atoms with Crippen LogP contribution in [0, 0.1) is 17.6 Å². The van der Waals surface area contributed by atoms with Crippen LogP contribution in [0.1, 0.15) is 25.7 Å². The molecule has 0 saturated heterocycles. The zero-order valence-electron chi connectivity index (χ0n) is 9.76. The van der Waals surface area contributed by atoms with Gasteiger partial charge in [0.2, 0.25) is 0 Å². The molecule has 1 aromatic carbocycles. The molecule has 0 atom stereocenters. The molecule has 0 aliphatic heterocycles. The molecule has 17 heavy (non-hydrogen) atoms. The molecule has 94 valence electrons. The molecule has 1 aliphatic rings. The molecule has 0 spiro atoms. The summed E-state index contributed by atoms with van der Waals surface area (Å²) in [4.78, 5) is 0. The van der Waals surface area contributed by atoms with Crippen molar-refractivity contribution >= 4 is 5.69 Å². The van der Waals surface area contributed by atoms with Crippen LogP contribution in [-0.4, -0.2) is 12.6 Å². The molecular weight excluding hydrogens is 222 g/mol. The van der Waals surface area contributed by atoms with Crippen molar-refractivity contribution in [2.24, 2.45) is 11.7 Å². The minimum absolute atomic E-state index is 0.250. The molecule has 3 N–H and O–H groups in total. The van der Waals surface area contributed by atoms with Gasteiger partial charge in [-0.15, -0.1) is 0 Å². The number of anilines is 1. The Hall–Kier alpha value is -1.16. The Balaban J connectivity index is 1.87. The van der Waals surface area contributed by atoms with Gasteiger partial charge in [0.15, 0.2) is 0 Å². The maximum absolute atomic E-state index is 13.3. The van der Waals surface area contributed by atoms with Crippen LogP contribution in [0.3, 0.4) is 0 Å². The number of hydrogen-bond donors (Lipinski definition) is 2. The third kappa shape index (κ3) is 3.40. The SMILES string of the molecule is NC1CCC(CNc2cc(F)ccc2F)CC1. The van der Waals surface area contributed by atoms with Gasteiger partial charge < -0.3 is 11.1 Å². The molecule has 0 aromatic heterocycles. The van der Waals surface area contributed by atoms with Crippen LogP contribution in [-0.2, 0) is 0 Å². The summed E-state index contributed by atoms with van der Waals surface area (Å²) >= 11 is 0. The minimum Gasteiger partial charge on any atom is -0.382 e. The first-order valence-electron chi connectivity index (χ1n) is 6.09. The van der Waals surface area contributed by atoms with Crippen LogP contribution in [0.2, 0.25) is 0 Å². The quantitative estimate of drug-likeness (QED) is 0.852. The van der Waals surface area contributed by atoms with E-state index in [4.69, 9.17) is 5.73 Å². The fourth-order valence-corrected chi connectivity index (χ4v) is 2.28. The Labute approximate surface area is 100 Å². The van der Waals surface area contributed by atoms with Gasteiger partial charge in [0, 0.05) is 12.6 Å². The van der Waals surface area contributed by atoms with Crippen LogP contribution >= 0.6 is 0 Å². The molecule has 2 rings (SSSR count). The molecular formula is C13H18F2N2. The maximum atomic E-state index is 13.3. The highest BCUT2D eigenvalue weighted by Gasteiger charge is 2.18. The smallest absolute Gasteiger partial charge is 0.146 e. The van der Waals surface area contributed by atoms with Crippen LogP contribution < -0.4 is 11.1 Å². The largest absolute Gasteiger partial charge is 0.382 e. The van der Waals surface area contributed by atoms with Gasteiger partial charge >= 0.3 is 0 Å². The van der Waals surface area contributed by atoms with E-state index in [0.717, 1.165) is 37.8 Å².